The van der Waals surface area contributed by atoms with E-state index in [1.54, 1.807) is 0 Å². The van der Waals surface area contributed by atoms with Crippen LogP contribution in [-0.2, 0) is 5.41 Å². The first-order valence-corrected chi connectivity index (χ1v) is 15.2. The van der Waals surface area contributed by atoms with Crippen LogP contribution in [0.4, 0.5) is 11.4 Å². The van der Waals surface area contributed by atoms with Crippen molar-refractivity contribution in [3.05, 3.63) is 204 Å². The van der Waals surface area contributed by atoms with Crippen LogP contribution < -0.4 is 5.32 Å². The Morgan fingerprint density at radius 1 is 0.318 bits per heavy atom. The van der Waals surface area contributed by atoms with Gasteiger partial charge in [0.05, 0.1) is 5.41 Å². The monoisotopic (exact) mass is 561 g/mol. The highest BCUT2D eigenvalue weighted by atomic mass is 14.9. The quantitative estimate of drug-likeness (QED) is 0.213. The van der Waals surface area contributed by atoms with Gasteiger partial charge < -0.3 is 5.32 Å². The summed E-state index contributed by atoms with van der Waals surface area (Å²) in [6, 6.07) is 65.7. The molecule has 0 radical (unpaired) electrons. The Labute approximate surface area is 259 Å². The van der Waals surface area contributed by atoms with E-state index in [0.29, 0.717) is 0 Å². The van der Waals surface area contributed by atoms with Crippen molar-refractivity contribution < 1.29 is 0 Å². The van der Waals surface area contributed by atoms with Crippen LogP contribution in [0, 0.1) is 0 Å². The van der Waals surface area contributed by atoms with E-state index < -0.39 is 5.41 Å². The molecule has 0 fully saturated rings. The van der Waals surface area contributed by atoms with Crippen molar-refractivity contribution in [2.75, 3.05) is 5.32 Å². The van der Waals surface area contributed by atoms with Crippen molar-refractivity contribution in [2.45, 2.75) is 5.41 Å². The van der Waals surface area contributed by atoms with E-state index in [9.17, 15) is 0 Å². The Balaban J connectivity index is 1.16. The van der Waals surface area contributed by atoms with Crippen LogP contribution in [0.5, 0.6) is 0 Å². The maximum atomic E-state index is 3.70. The maximum Gasteiger partial charge on any atom is 0.0714 e. The molecule has 1 nitrogen and oxygen atoms in total. The second-order valence-electron chi connectivity index (χ2n) is 11.4. The lowest BCUT2D eigenvalue weighted by Crippen LogP contribution is -2.28. The van der Waals surface area contributed by atoms with E-state index >= 15 is 0 Å². The first-order chi connectivity index (χ1) is 21.8. The Morgan fingerprint density at radius 2 is 0.818 bits per heavy atom. The summed E-state index contributed by atoms with van der Waals surface area (Å²) in [7, 11) is 0. The summed E-state index contributed by atoms with van der Waals surface area (Å²) in [4.78, 5) is 0. The van der Waals surface area contributed by atoms with Gasteiger partial charge in [0.15, 0.2) is 0 Å². The molecule has 1 aliphatic rings. The minimum absolute atomic E-state index is 0.403. The largest absolute Gasteiger partial charge is 0.356 e. The van der Waals surface area contributed by atoms with Gasteiger partial charge in [0.2, 0.25) is 0 Å². The molecule has 0 heterocycles. The highest BCUT2D eigenvalue weighted by Crippen LogP contribution is 2.56. The third-order valence-corrected chi connectivity index (χ3v) is 8.93. The van der Waals surface area contributed by atoms with Crippen LogP contribution in [-0.4, -0.2) is 0 Å². The van der Waals surface area contributed by atoms with E-state index in [1.165, 1.54) is 55.6 Å². The lowest BCUT2D eigenvalue weighted by molar-refractivity contribution is 0.769. The smallest absolute Gasteiger partial charge is 0.0714 e. The summed E-state index contributed by atoms with van der Waals surface area (Å²) in [6.45, 7) is 0. The van der Waals surface area contributed by atoms with Crippen molar-refractivity contribution in [2.24, 2.45) is 0 Å². The van der Waals surface area contributed by atoms with Gasteiger partial charge in [-0.1, -0.05) is 152 Å². The second kappa shape index (κ2) is 10.9. The first kappa shape index (κ1) is 26.0. The van der Waals surface area contributed by atoms with Gasteiger partial charge in [0.1, 0.15) is 0 Å². The van der Waals surface area contributed by atoms with Gasteiger partial charge in [-0.3, -0.25) is 0 Å². The molecule has 0 spiro atoms. The summed E-state index contributed by atoms with van der Waals surface area (Å²) in [5.74, 6) is 0. The van der Waals surface area contributed by atoms with Gasteiger partial charge in [-0.2, -0.15) is 0 Å². The number of fused-ring (bicyclic) bond motifs is 3. The normalized spacial score (nSPS) is 12.7. The molecule has 7 aromatic carbocycles. The lowest BCUT2D eigenvalue weighted by atomic mass is 9.67. The fraction of sp³-hybridized carbons (Fsp3) is 0.0233. The fourth-order valence-electron chi connectivity index (χ4n) is 6.96. The van der Waals surface area contributed by atoms with Crippen molar-refractivity contribution in [3.63, 3.8) is 0 Å². The second-order valence-corrected chi connectivity index (χ2v) is 11.4. The van der Waals surface area contributed by atoms with E-state index in [0.717, 1.165) is 11.4 Å². The highest BCUT2D eigenvalue weighted by molar-refractivity contribution is 5.86. The Morgan fingerprint density at radius 3 is 1.48 bits per heavy atom. The van der Waals surface area contributed by atoms with E-state index in [4.69, 9.17) is 0 Å². The Bertz CT molecular complexity index is 2030. The minimum atomic E-state index is -0.403. The predicted octanol–water partition coefficient (Wildman–Crippen LogP) is 11.1. The SMILES string of the molecule is c1ccc(-c2cccc(-c3ccc(Nc4cccc(C5(c6ccccc6)c6ccccc6-c6ccccc65)c4)cc3)c2)cc1. The standard InChI is InChI=1S/C43H31N/c1-3-13-31(14-4-1)33-15-11-16-34(29-33)32-25-27-37(28-26-32)44-38-20-12-19-36(30-38)43(35-17-5-2-6-18-35)41-23-9-7-21-39(41)40-22-8-10-24-42(40)43/h1-30,44H. The van der Waals surface area contributed by atoms with Gasteiger partial charge in [0, 0.05) is 11.4 Å². The van der Waals surface area contributed by atoms with E-state index in [1.807, 2.05) is 0 Å². The molecule has 208 valence electrons. The molecule has 0 unspecified atom stereocenters. The molecule has 1 heteroatoms. The molecular weight excluding hydrogens is 530 g/mol. The van der Waals surface area contributed by atoms with Gasteiger partial charge >= 0.3 is 0 Å². The summed E-state index contributed by atoms with van der Waals surface area (Å²) < 4.78 is 0. The molecule has 0 atom stereocenters. The Kier molecular flexibility index (Phi) is 6.43. The summed E-state index contributed by atoms with van der Waals surface area (Å²) in [5, 5.41) is 3.70. The number of rotatable bonds is 6. The zero-order valence-corrected chi connectivity index (χ0v) is 24.3. The van der Waals surface area contributed by atoms with Crippen LogP contribution in [0.3, 0.4) is 0 Å². The van der Waals surface area contributed by atoms with Crippen molar-refractivity contribution in [1.29, 1.82) is 0 Å². The van der Waals surface area contributed by atoms with Crippen molar-refractivity contribution in [1.82, 2.24) is 0 Å². The molecule has 0 saturated carbocycles. The van der Waals surface area contributed by atoms with E-state index in [2.05, 4.69) is 187 Å². The third kappa shape index (κ3) is 4.33. The molecule has 8 rings (SSSR count). The molecule has 7 aromatic rings. The van der Waals surface area contributed by atoms with Crippen LogP contribution in [0.2, 0.25) is 0 Å². The van der Waals surface area contributed by atoms with Crippen LogP contribution in [0.25, 0.3) is 33.4 Å². The van der Waals surface area contributed by atoms with Crippen LogP contribution in [0.1, 0.15) is 22.3 Å². The average molecular weight is 562 g/mol. The lowest BCUT2D eigenvalue weighted by Gasteiger charge is -2.34. The number of anilines is 2. The molecule has 0 amide bonds. The third-order valence-electron chi connectivity index (χ3n) is 8.93. The van der Waals surface area contributed by atoms with Crippen LogP contribution in [0.15, 0.2) is 182 Å². The number of nitrogens with one attached hydrogen (secondary N) is 1. The maximum absolute atomic E-state index is 3.70. The zero-order valence-electron chi connectivity index (χ0n) is 24.3. The van der Waals surface area contributed by atoms with Gasteiger partial charge in [-0.05, 0) is 86.0 Å². The predicted molar refractivity (Wildman–Crippen MR) is 184 cm³/mol. The van der Waals surface area contributed by atoms with Gasteiger partial charge in [-0.15, -0.1) is 0 Å². The number of benzene rings is 7. The highest BCUT2D eigenvalue weighted by Gasteiger charge is 2.45. The molecule has 1 N–H and O–H groups in total. The molecule has 44 heavy (non-hydrogen) atoms. The molecule has 0 bridgehead atoms. The molecular formula is C43H31N. The number of hydrogen-bond acceptors (Lipinski definition) is 1. The molecule has 0 aromatic heterocycles. The minimum Gasteiger partial charge on any atom is -0.356 e. The molecule has 1 aliphatic carbocycles. The van der Waals surface area contributed by atoms with Crippen molar-refractivity contribution >= 4 is 11.4 Å². The summed E-state index contributed by atoms with van der Waals surface area (Å²) >= 11 is 0. The fourth-order valence-corrected chi connectivity index (χ4v) is 6.96. The molecule has 0 aliphatic heterocycles. The van der Waals surface area contributed by atoms with Gasteiger partial charge in [0.25, 0.3) is 0 Å². The Hall–Kier alpha value is -5.66. The van der Waals surface area contributed by atoms with Gasteiger partial charge in [-0.25, -0.2) is 0 Å². The van der Waals surface area contributed by atoms with Crippen molar-refractivity contribution in [3.8, 4) is 33.4 Å². The van der Waals surface area contributed by atoms with Crippen LogP contribution >= 0.6 is 0 Å². The topological polar surface area (TPSA) is 12.0 Å². The zero-order chi connectivity index (χ0) is 29.3. The average Bonchev–Trinajstić information content (AvgIpc) is 3.41. The summed E-state index contributed by atoms with van der Waals surface area (Å²) in [5.41, 5.74) is 14.4. The summed E-state index contributed by atoms with van der Waals surface area (Å²) in [6.07, 6.45) is 0. The van der Waals surface area contributed by atoms with E-state index in [-0.39, 0.29) is 0 Å². The molecule has 0 saturated heterocycles. The number of hydrogen-bond donors (Lipinski definition) is 1. The first-order valence-electron chi connectivity index (χ1n) is 15.2.